The van der Waals surface area contributed by atoms with E-state index in [-0.39, 0.29) is 11.6 Å². The molecule has 0 saturated heterocycles. The van der Waals surface area contributed by atoms with Crippen LogP contribution in [0.25, 0.3) is 16.9 Å². The Morgan fingerprint density at radius 1 is 1.32 bits per heavy atom. The minimum absolute atomic E-state index is 0.158. The molecule has 0 unspecified atom stereocenters. The maximum atomic E-state index is 14.0. The number of hydrogen-bond acceptors (Lipinski definition) is 3. The van der Waals surface area contributed by atoms with Gasteiger partial charge in [0.1, 0.15) is 11.3 Å². The van der Waals surface area contributed by atoms with Crippen molar-refractivity contribution in [2.45, 2.75) is 0 Å². The highest BCUT2D eigenvalue weighted by atomic mass is 79.9. The summed E-state index contributed by atoms with van der Waals surface area (Å²) in [6, 6.07) is 6.32. The van der Waals surface area contributed by atoms with Gasteiger partial charge in [-0.1, -0.05) is 27.5 Å². The Kier molecular flexibility index (Phi) is 2.91. The van der Waals surface area contributed by atoms with Crippen molar-refractivity contribution in [1.82, 2.24) is 14.5 Å². The first-order chi connectivity index (χ1) is 9.06. The molecule has 0 radical (unpaired) electrons. The lowest BCUT2D eigenvalue weighted by atomic mass is 10.3. The van der Waals surface area contributed by atoms with Crippen LogP contribution < -0.4 is 5.73 Å². The van der Waals surface area contributed by atoms with Crippen molar-refractivity contribution < 1.29 is 4.39 Å². The number of benzene rings is 1. The zero-order valence-corrected chi connectivity index (χ0v) is 11.8. The van der Waals surface area contributed by atoms with Gasteiger partial charge in [0.15, 0.2) is 5.65 Å². The Hall–Kier alpha value is -1.66. The van der Waals surface area contributed by atoms with Gasteiger partial charge >= 0.3 is 0 Å². The second-order valence-electron chi connectivity index (χ2n) is 3.90. The molecule has 4 nitrogen and oxygen atoms in total. The van der Waals surface area contributed by atoms with E-state index < -0.39 is 5.82 Å². The van der Waals surface area contributed by atoms with Crippen LogP contribution in [0.15, 0.2) is 34.9 Å². The Bertz CT molecular complexity index is 787. The Balaban J connectivity index is 2.33. The smallest absolute Gasteiger partial charge is 0.207 e. The van der Waals surface area contributed by atoms with Crippen LogP contribution in [0.4, 0.5) is 10.3 Å². The predicted octanol–water partition coefficient (Wildman–Crippen LogP) is 3.56. The fourth-order valence-electron chi connectivity index (χ4n) is 1.86. The van der Waals surface area contributed by atoms with Gasteiger partial charge in [-0.15, -0.1) is 0 Å². The highest BCUT2D eigenvalue weighted by molar-refractivity contribution is 9.10. The number of imidazole rings is 1. The summed E-state index contributed by atoms with van der Waals surface area (Å²) in [5.74, 6) is -0.261. The van der Waals surface area contributed by atoms with E-state index in [0.29, 0.717) is 20.7 Å². The quantitative estimate of drug-likeness (QED) is 0.736. The molecule has 2 aromatic heterocycles. The molecule has 96 valence electrons. The lowest BCUT2D eigenvalue weighted by molar-refractivity contribution is 0.619. The minimum atomic E-state index is -0.419. The maximum Gasteiger partial charge on any atom is 0.207 e. The summed E-state index contributed by atoms with van der Waals surface area (Å²) in [4.78, 5) is 8.28. The highest BCUT2D eigenvalue weighted by Gasteiger charge is 2.15. The summed E-state index contributed by atoms with van der Waals surface area (Å²) in [6.07, 6.45) is 1.47. The van der Waals surface area contributed by atoms with Crippen molar-refractivity contribution in [2.24, 2.45) is 0 Å². The van der Waals surface area contributed by atoms with Crippen LogP contribution in [0.3, 0.4) is 0 Å². The van der Waals surface area contributed by atoms with Gasteiger partial charge in [-0.3, -0.25) is 4.57 Å². The molecule has 0 aliphatic heterocycles. The molecule has 1 aromatic carbocycles. The van der Waals surface area contributed by atoms with Crippen molar-refractivity contribution in [3.8, 4) is 5.69 Å². The predicted molar refractivity (Wildman–Crippen MR) is 75.9 cm³/mol. The lowest BCUT2D eigenvalue weighted by Crippen LogP contribution is -2.03. The molecule has 0 spiro atoms. The molecule has 0 aliphatic carbocycles. The molecule has 0 bridgehead atoms. The molecule has 19 heavy (non-hydrogen) atoms. The molecule has 3 rings (SSSR count). The summed E-state index contributed by atoms with van der Waals surface area (Å²) in [7, 11) is 0. The van der Waals surface area contributed by atoms with Crippen molar-refractivity contribution in [1.29, 1.82) is 0 Å². The number of aromatic nitrogens is 3. The van der Waals surface area contributed by atoms with Gasteiger partial charge in [0.2, 0.25) is 5.95 Å². The van der Waals surface area contributed by atoms with Crippen molar-refractivity contribution in [3.63, 3.8) is 0 Å². The van der Waals surface area contributed by atoms with Crippen LogP contribution in [-0.2, 0) is 0 Å². The Labute approximate surface area is 121 Å². The standard InChI is InChI=1S/C12H7BrClFN4/c13-6-1-2-10(8(15)3-6)19-11-9(18-12(19)16)4-7(14)5-17-11/h1-5H,(H2,16,18). The summed E-state index contributed by atoms with van der Waals surface area (Å²) >= 11 is 9.05. The van der Waals surface area contributed by atoms with Gasteiger partial charge in [-0.2, -0.15) is 0 Å². The van der Waals surface area contributed by atoms with Crippen LogP contribution in [0.2, 0.25) is 5.02 Å². The number of nitrogens with two attached hydrogens (primary N) is 1. The van der Waals surface area contributed by atoms with E-state index in [2.05, 4.69) is 25.9 Å². The normalized spacial score (nSPS) is 11.1. The van der Waals surface area contributed by atoms with Gasteiger partial charge in [-0.05, 0) is 24.3 Å². The summed E-state index contributed by atoms with van der Waals surface area (Å²) in [6.45, 7) is 0. The van der Waals surface area contributed by atoms with Gasteiger partial charge < -0.3 is 5.73 Å². The molecule has 0 aliphatic rings. The van der Waals surface area contributed by atoms with E-state index in [1.807, 2.05) is 0 Å². The lowest BCUT2D eigenvalue weighted by Gasteiger charge is -2.07. The molecule has 0 saturated carbocycles. The zero-order valence-electron chi connectivity index (χ0n) is 9.44. The van der Waals surface area contributed by atoms with Crippen LogP contribution in [-0.4, -0.2) is 14.5 Å². The molecule has 2 heterocycles. The average Bonchev–Trinajstić information content (AvgIpc) is 2.65. The first kappa shape index (κ1) is 12.4. The number of nitrogens with zero attached hydrogens (tertiary/aromatic N) is 3. The maximum absolute atomic E-state index is 14.0. The largest absolute Gasteiger partial charge is 0.369 e. The van der Waals surface area contributed by atoms with Gasteiger partial charge in [-0.25, -0.2) is 14.4 Å². The van der Waals surface area contributed by atoms with E-state index in [1.54, 1.807) is 18.2 Å². The fraction of sp³-hybridized carbons (Fsp3) is 0. The van der Waals surface area contributed by atoms with Crippen molar-refractivity contribution in [3.05, 3.63) is 45.8 Å². The molecule has 2 N–H and O–H groups in total. The van der Waals surface area contributed by atoms with Crippen LogP contribution in [0, 0.1) is 5.82 Å². The molecule has 3 aromatic rings. The third kappa shape index (κ3) is 2.06. The number of hydrogen-bond donors (Lipinski definition) is 1. The molecular weight excluding hydrogens is 335 g/mol. The summed E-state index contributed by atoms with van der Waals surface area (Å²) in [5.41, 5.74) is 7.10. The first-order valence-electron chi connectivity index (χ1n) is 5.31. The topological polar surface area (TPSA) is 56.7 Å². The minimum Gasteiger partial charge on any atom is -0.369 e. The molecule has 0 amide bonds. The zero-order chi connectivity index (χ0) is 13.6. The van der Waals surface area contributed by atoms with E-state index >= 15 is 0 Å². The molecule has 7 heteroatoms. The van der Waals surface area contributed by atoms with E-state index in [1.165, 1.54) is 16.8 Å². The molecule has 0 atom stereocenters. The number of rotatable bonds is 1. The number of fused-ring (bicyclic) bond motifs is 1. The van der Waals surface area contributed by atoms with Crippen LogP contribution in [0.1, 0.15) is 0 Å². The third-order valence-corrected chi connectivity index (χ3v) is 3.34. The second-order valence-corrected chi connectivity index (χ2v) is 5.25. The number of pyridine rings is 1. The van der Waals surface area contributed by atoms with E-state index in [4.69, 9.17) is 17.3 Å². The number of nitrogen functional groups attached to an aromatic ring is 1. The monoisotopic (exact) mass is 340 g/mol. The van der Waals surface area contributed by atoms with Crippen molar-refractivity contribution in [2.75, 3.05) is 5.73 Å². The van der Waals surface area contributed by atoms with E-state index in [9.17, 15) is 4.39 Å². The SMILES string of the molecule is Nc1nc2cc(Cl)cnc2n1-c1ccc(Br)cc1F. The second kappa shape index (κ2) is 4.47. The number of anilines is 1. The van der Waals surface area contributed by atoms with E-state index in [0.717, 1.165) is 0 Å². The van der Waals surface area contributed by atoms with Gasteiger partial charge in [0.25, 0.3) is 0 Å². The van der Waals surface area contributed by atoms with Crippen LogP contribution >= 0.6 is 27.5 Å². The molecular formula is C12H7BrClFN4. The summed E-state index contributed by atoms with van der Waals surface area (Å²) in [5, 5.41) is 0.452. The Morgan fingerprint density at radius 3 is 2.84 bits per heavy atom. The van der Waals surface area contributed by atoms with Gasteiger partial charge in [0, 0.05) is 10.7 Å². The van der Waals surface area contributed by atoms with Gasteiger partial charge in [0.05, 0.1) is 10.7 Å². The first-order valence-corrected chi connectivity index (χ1v) is 6.48. The van der Waals surface area contributed by atoms with Crippen molar-refractivity contribution >= 4 is 44.6 Å². The number of halogens is 3. The van der Waals surface area contributed by atoms with Crippen LogP contribution in [0.5, 0.6) is 0 Å². The summed E-state index contributed by atoms with van der Waals surface area (Å²) < 4.78 is 16.1. The highest BCUT2D eigenvalue weighted by Crippen LogP contribution is 2.26. The average molecular weight is 342 g/mol. The fourth-order valence-corrected chi connectivity index (χ4v) is 2.34. The molecule has 0 fully saturated rings. The third-order valence-electron chi connectivity index (χ3n) is 2.64. The Morgan fingerprint density at radius 2 is 2.11 bits per heavy atom.